The van der Waals surface area contributed by atoms with E-state index in [0.29, 0.717) is 12.2 Å². The van der Waals surface area contributed by atoms with Gasteiger partial charge in [0.05, 0.1) is 6.54 Å². The summed E-state index contributed by atoms with van der Waals surface area (Å²) in [4.78, 5) is 11.9. The van der Waals surface area contributed by atoms with Gasteiger partial charge in [0.15, 0.2) is 0 Å². The van der Waals surface area contributed by atoms with E-state index in [-0.39, 0.29) is 12.0 Å². The zero-order valence-corrected chi connectivity index (χ0v) is 10.4. The number of esters is 1. The molecule has 1 N–H and O–H groups in total. The minimum atomic E-state index is -0.324. The number of para-hydroxylation sites is 1. The van der Waals surface area contributed by atoms with Crippen molar-refractivity contribution < 1.29 is 9.53 Å². The second-order valence-electron chi connectivity index (χ2n) is 4.51. The fourth-order valence-electron chi connectivity index (χ4n) is 2.13. The maximum absolute atomic E-state index is 11.9. The van der Waals surface area contributed by atoms with Gasteiger partial charge in [-0.1, -0.05) is 48.5 Å². The molecule has 1 aliphatic rings. The van der Waals surface area contributed by atoms with Gasteiger partial charge in [-0.2, -0.15) is 0 Å². The van der Waals surface area contributed by atoms with E-state index in [1.54, 1.807) is 0 Å². The quantitative estimate of drug-likeness (QED) is 0.673. The standard InChI is InChI=1S/C16H14NO2/c18-16-14(17-11-12-6-2-1-3-7-12)10-13-8-4-5-9-15(13)19-16/h1-9,11,14,17H,10H2. The van der Waals surface area contributed by atoms with Crippen molar-refractivity contribution in [2.45, 2.75) is 12.5 Å². The fraction of sp³-hybridized carbons (Fsp3) is 0.125. The highest BCUT2D eigenvalue weighted by atomic mass is 16.5. The number of nitrogens with one attached hydrogen (secondary N) is 1. The molecule has 1 unspecified atom stereocenters. The molecule has 3 nitrogen and oxygen atoms in total. The Labute approximate surface area is 112 Å². The van der Waals surface area contributed by atoms with E-state index in [4.69, 9.17) is 4.74 Å². The first kappa shape index (κ1) is 11.9. The average molecular weight is 252 g/mol. The van der Waals surface area contributed by atoms with Crippen LogP contribution in [0.25, 0.3) is 0 Å². The lowest BCUT2D eigenvalue weighted by atomic mass is 10.0. The highest BCUT2D eigenvalue weighted by Crippen LogP contribution is 2.24. The molecule has 0 amide bonds. The molecule has 3 rings (SSSR count). The van der Waals surface area contributed by atoms with Crippen LogP contribution >= 0.6 is 0 Å². The molecule has 3 heteroatoms. The minimum Gasteiger partial charge on any atom is -0.425 e. The van der Waals surface area contributed by atoms with E-state index in [9.17, 15) is 4.79 Å². The van der Waals surface area contributed by atoms with Gasteiger partial charge >= 0.3 is 5.97 Å². The summed E-state index contributed by atoms with van der Waals surface area (Å²) in [7, 11) is 0. The maximum Gasteiger partial charge on any atom is 0.328 e. The topological polar surface area (TPSA) is 38.3 Å². The van der Waals surface area contributed by atoms with Crippen LogP contribution in [0.4, 0.5) is 0 Å². The Morgan fingerprint density at radius 1 is 1.05 bits per heavy atom. The van der Waals surface area contributed by atoms with Gasteiger partial charge in [-0.3, -0.25) is 5.32 Å². The van der Waals surface area contributed by atoms with Crippen LogP contribution in [-0.2, 0) is 11.2 Å². The highest BCUT2D eigenvalue weighted by Gasteiger charge is 2.27. The Bertz CT molecular complexity index is 580. The fourth-order valence-corrected chi connectivity index (χ4v) is 2.13. The van der Waals surface area contributed by atoms with Crippen molar-refractivity contribution in [2.24, 2.45) is 0 Å². The van der Waals surface area contributed by atoms with E-state index in [1.165, 1.54) is 0 Å². The van der Waals surface area contributed by atoms with Gasteiger partial charge in [0.25, 0.3) is 0 Å². The molecule has 0 aromatic heterocycles. The van der Waals surface area contributed by atoms with Crippen LogP contribution in [0.1, 0.15) is 11.1 Å². The van der Waals surface area contributed by atoms with Crippen LogP contribution < -0.4 is 10.1 Å². The van der Waals surface area contributed by atoms with Crippen LogP contribution in [0.3, 0.4) is 0 Å². The molecule has 0 aliphatic carbocycles. The summed E-state index contributed by atoms with van der Waals surface area (Å²) in [5, 5.41) is 3.13. The molecule has 1 radical (unpaired) electrons. The van der Waals surface area contributed by atoms with Gasteiger partial charge in [0, 0.05) is 6.42 Å². The van der Waals surface area contributed by atoms with Crippen LogP contribution in [0.15, 0.2) is 54.6 Å². The Kier molecular flexibility index (Phi) is 3.29. The molecule has 1 aliphatic heterocycles. The number of benzene rings is 2. The molecular formula is C16H14NO2. The Morgan fingerprint density at radius 3 is 2.63 bits per heavy atom. The lowest BCUT2D eigenvalue weighted by molar-refractivity contribution is -0.137. The van der Waals surface area contributed by atoms with Gasteiger partial charge in [0.1, 0.15) is 11.8 Å². The largest absolute Gasteiger partial charge is 0.425 e. The van der Waals surface area contributed by atoms with Crippen molar-refractivity contribution in [3.63, 3.8) is 0 Å². The lowest BCUT2D eigenvalue weighted by Gasteiger charge is -2.23. The molecule has 0 bridgehead atoms. The van der Waals surface area contributed by atoms with Gasteiger partial charge < -0.3 is 4.74 Å². The lowest BCUT2D eigenvalue weighted by Crippen LogP contribution is -2.42. The third-order valence-electron chi connectivity index (χ3n) is 3.14. The van der Waals surface area contributed by atoms with Gasteiger partial charge in [-0.05, 0) is 17.2 Å². The Hall–Kier alpha value is -2.13. The van der Waals surface area contributed by atoms with Crippen LogP contribution in [0, 0.1) is 6.54 Å². The number of fused-ring (bicyclic) bond motifs is 1. The van der Waals surface area contributed by atoms with E-state index in [2.05, 4.69) is 5.32 Å². The number of hydrogen-bond acceptors (Lipinski definition) is 3. The average Bonchev–Trinajstić information content (AvgIpc) is 2.46. The van der Waals surface area contributed by atoms with E-state index in [0.717, 1.165) is 11.1 Å². The first-order valence-electron chi connectivity index (χ1n) is 6.27. The molecule has 0 spiro atoms. The molecule has 0 saturated carbocycles. The molecule has 19 heavy (non-hydrogen) atoms. The summed E-state index contributed by atoms with van der Waals surface area (Å²) < 4.78 is 5.31. The van der Waals surface area contributed by atoms with Crippen LogP contribution in [0.2, 0.25) is 0 Å². The summed E-state index contributed by atoms with van der Waals surface area (Å²) in [5.74, 6) is 0.441. The molecule has 2 aromatic rings. The van der Waals surface area contributed by atoms with E-state index < -0.39 is 0 Å². The summed E-state index contributed by atoms with van der Waals surface area (Å²) in [5.41, 5.74) is 2.09. The van der Waals surface area contributed by atoms with Crippen molar-refractivity contribution >= 4 is 5.97 Å². The van der Waals surface area contributed by atoms with Gasteiger partial charge in [-0.15, -0.1) is 0 Å². The van der Waals surface area contributed by atoms with Crippen molar-refractivity contribution in [1.29, 1.82) is 0 Å². The monoisotopic (exact) mass is 252 g/mol. The third-order valence-corrected chi connectivity index (χ3v) is 3.14. The van der Waals surface area contributed by atoms with Gasteiger partial charge in [0.2, 0.25) is 0 Å². The van der Waals surface area contributed by atoms with E-state index >= 15 is 0 Å². The zero-order valence-electron chi connectivity index (χ0n) is 10.4. The van der Waals surface area contributed by atoms with Crippen molar-refractivity contribution in [1.82, 2.24) is 5.32 Å². The minimum absolute atomic E-state index is 0.231. The first-order chi connectivity index (χ1) is 9.33. The molecule has 2 aromatic carbocycles. The highest BCUT2D eigenvalue weighted by molar-refractivity contribution is 5.81. The number of carbonyl (C=O) groups excluding carboxylic acids is 1. The Morgan fingerprint density at radius 2 is 1.79 bits per heavy atom. The smallest absolute Gasteiger partial charge is 0.328 e. The van der Waals surface area contributed by atoms with Crippen molar-refractivity contribution in [3.8, 4) is 5.75 Å². The molecule has 0 saturated heterocycles. The predicted molar refractivity (Wildman–Crippen MR) is 72.5 cm³/mol. The number of hydrogen-bond donors (Lipinski definition) is 1. The summed E-state index contributed by atoms with van der Waals surface area (Å²) in [6, 6.07) is 17.2. The van der Waals surface area contributed by atoms with Crippen LogP contribution in [0.5, 0.6) is 5.75 Å². The first-order valence-corrected chi connectivity index (χ1v) is 6.27. The Balaban J connectivity index is 1.68. The van der Waals surface area contributed by atoms with Crippen molar-refractivity contribution in [3.05, 3.63) is 72.3 Å². The molecule has 95 valence electrons. The predicted octanol–water partition coefficient (Wildman–Crippen LogP) is 2.32. The molecule has 1 heterocycles. The van der Waals surface area contributed by atoms with E-state index in [1.807, 2.05) is 61.1 Å². The van der Waals surface area contributed by atoms with Crippen molar-refractivity contribution in [2.75, 3.05) is 0 Å². The number of carbonyl (C=O) groups is 1. The zero-order chi connectivity index (χ0) is 13.1. The maximum atomic E-state index is 11.9. The normalized spacial score (nSPS) is 17.7. The molecule has 0 fully saturated rings. The number of ether oxygens (including phenoxy) is 1. The molecular weight excluding hydrogens is 238 g/mol. The third kappa shape index (κ3) is 2.66. The second-order valence-corrected chi connectivity index (χ2v) is 4.51. The molecule has 1 atom stereocenters. The number of rotatable bonds is 3. The van der Waals surface area contributed by atoms with Gasteiger partial charge in [-0.25, -0.2) is 4.79 Å². The second kappa shape index (κ2) is 5.24. The van der Waals surface area contributed by atoms with Crippen LogP contribution in [-0.4, -0.2) is 12.0 Å². The SMILES string of the molecule is O=C1Oc2ccccc2CC1N[CH]c1ccccc1. The summed E-state index contributed by atoms with van der Waals surface area (Å²) in [6.07, 6.45) is 0.651. The summed E-state index contributed by atoms with van der Waals surface area (Å²) >= 11 is 0. The summed E-state index contributed by atoms with van der Waals surface area (Å²) in [6.45, 7) is 1.85.